The first-order valence-electron chi connectivity index (χ1n) is 16.8. The van der Waals surface area contributed by atoms with Crippen molar-refractivity contribution in [1.29, 1.82) is 0 Å². The Bertz CT molecular complexity index is 2820. The Kier molecular flexibility index (Phi) is 6.25. The zero-order valence-corrected chi connectivity index (χ0v) is 26.7. The van der Waals surface area contributed by atoms with E-state index >= 15 is 0 Å². The molecule has 0 N–H and O–H groups in total. The molecule has 0 unspecified atom stereocenters. The van der Waals surface area contributed by atoms with Crippen LogP contribution in [0.2, 0.25) is 0 Å². The number of fused-ring (bicyclic) bond motifs is 6. The average molecular weight is 623 g/mol. The zero-order valence-electron chi connectivity index (χ0n) is 26.7. The molecule has 0 bridgehead atoms. The molecule has 1 nitrogen and oxygen atoms in total. The van der Waals surface area contributed by atoms with E-state index in [-0.39, 0.29) is 0 Å². The minimum Gasteiger partial charge on any atom is -0.456 e. The van der Waals surface area contributed by atoms with Gasteiger partial charge in [0, 0.05) is 10.8 Å². The van der Waals surface area contributed by atoms with Gasteiger partial charge < -0.3 is 4.42 Å². The van der Waals surface area contributed by atoms with Crippen molar-refractivity contribution in [2.24, 2.45) is 0 Å². The van der Waals surface area contributed by atoms with E-state index in [2.05, 4.69) is 170 Å². The van der Waals surface area contributed by atoms with Gasteiger partial charge in [-0.25, -0.2) is 0 Å². The summed E-state index contributed by atoms with van der Waals surface area (Å²) in [7, 11) is 0. The van der Waals surface area contributed by atoms with Gasteiger partial charge in [-0.15, -0.1) is 0 Å². The van der Waals surface area contributed by atoms with E-state index in [1.807, 2.05) is 12.1 Å². The van der Waals surface area contributed by atoms with Gasteiger partial charge in [0.15, 0.2) is 0 Å². The summed E-state index contributed by atoms with van der Waals surface area (Å²) in [4.78, 5) is 0. The Morgan fingerprint density at radius 3 is 1.55 bits per heavy atom. The number of para-hydroxylation sites is 1. The summed E-state index contributed by atoms with van der Waals surface area (Å²) in [5.41, 5.74) is 11.6. The Morgan fingerprint density at radius 1 is 0.265 bits per heavy atom. The molecule has 0 aliphatic rings. The minimum atomic E-state index is 0.907. The molecule has 9 aromatic carbocycles. The lowest BCUT2D eigenvalue weighted by Crippen LogP contribution is -1.93. The Labute approximate surface area is 284 Å². The molecule has 10 rings (SSSR count). The average Bonchev–Trinajstić information content (AvgIpc) is 3.55. The van der Waals surface area contributed by atoms with Crippen molar-refractivity contribution in [2.75, 3.05) is 0 Å². The molecule has 1 heterocycles. The summed E-state index contributed by atoms with van der Waals surface area (Å²) in [5, 5.41) is 9.76. The van der Waals surface area contributed by atoms with Gasteiger partial charge in [-0.05, 0) is 101 Å². The van der Waals surface area contributed by atoms with Crippen LogP contribution < -0.4 is 0 Å². The quantitative estimate of drug-likeness (QED) is 0.178. The van der Waals surface area contributed by atoms with Gasteiger partial charge in [0.2, 0.25) is 0 Å². The zero-order chi connectivity index (χ0) is 32.3. The standard InChI is InChI=1S/C48H30O/c1-2-13-31(14-3-1)33-26-25-32-15-12-23-43(44(32)29-33)48-41-21-8-6-19-39(41)47(40-20-7-9-22-42(40)48)38-18-5-4-16-35(38)34-27-28-37-36-17-10-11-24-45(36)49-46(37)30-34/h1-30H. The summed E-state index contributed by atoms with van der Waals surface area (Å²) in [6.45, 7) is 0. The van der Waals surface area contributed by atoms with Crippen LogP contribution in [0.4, 0.5) is 0 Å². The third-order valence-electron chi connectivity index (χ3n) is 10.1. The van der Waals surface area contributed by atoms with Crippen LogP contribution >= 0.6 is 0 Å². The minimum absolute atomic E-state index is 0.907. The number of furan rings is 1. The summed E-state index contributed by atoms with van der Waals surface area (Å²) < 4.78 is 6.34. The van der Waals surface area contributed by atoms with Gasteiger partial charge in [-0.2, -0.15) is 0 Å². The van der Waals surface area contributed by atoms with Gasteiger partial charge in [-0.1, -0.05) is 158 Å². The van der Waals surface area contributed by atoms with E-state index in [1.165, 1.54) is 71.3 Å². The van der Waals surface area contributed by atoms with Crippen LogP contribution in [0, 0.1) is 0 Å². The molecular weight excluding hydrogens is 593 g/mol. The third kappa shape index (κ3) is 4.40. The monoisotopic (exact) mass is 622 g/mol. The number of benzene rings is 9. The van der Waals surface area contributed by atoms with E-state index in [9.17, 15) is 0 Å². The van der Waals surface area contributed by atoms with Crippen molar-refractivity contribution in [3.63, 3.8) is 0 Å². The molecule has 10 aromatic rings. The van der Waals surface area contributed by atoms with Gasteiger partial charge >= 0.3 is 0 Å². The second-order valence-corrected chi connectivity index (χ2v) is 12.8. The summed E-state index contributed by atoms with van der Waals surface area (Å²) in [6, 6.07) is 65.8. The Balaban J connectivity index is 1.25. The van der Waals surface area contributed by atoms with Gasteiger partial charge in [-0.3, -0.25) is 0 Å². The van der Waals surface area contributed by atoms with E-state index in [1.54, 1.807) is 0 Å². The highest BCUT2D eigenvalue weighted by atomic mass is 16.3. The van der Waals surface area contributed by atoms with E-state index in [4.69, 9.17) is 4.42 Å². The van der Waals surface area contributed by atoms with Gasteiger partial charge in [0.25, 0.3) is 0 Å². The number of rotatable bonds is 4. The molecule has 1 aromatic heterocycles. The topological polar surface area (TPSA) is 13.1 Å². The largest absolute Gasteiger partial charge is 0.456 e. The van der Waals surface area contributed by atoms with Crippen LogP contribution in [0.5, 0.6) is 0 Å². The Hall–Kier alpha value is -6.44. The molecule has 0 saturated carbocycles. The van der Waals surface area contributed by atoms with Gasteiger partial charge in [0.1, 0.15) is 11.2 Å². The Morgan fingerprint density at radius 2 is 0.816 bits per heavy atom. The summed E-state index contributed by atoms with van der Waals surface area (Å²) >= 11 is 0. The van der Waals surface area contributed by atoms with Crippen LogP contribution in [0.3, 0.4) is 0 Å². The molecular formula is C48H30O. The fourth-order valence-corrected chi connectivity index (χ4v) is 7.86. The second kappa shape index (κ2) is 11.1. The van der Waals surface area contributed by atoms with Crippen molar-refractivity contribution in [2.45, 2.75) is 0 Å². The molecule has 49 heavy (non-hydrogen) atoms. The van der Waals surface area contributed by atoms with Crippen LogP contribution in [0.1, 0.15) is 0 Å². The molecule has 0 aliphatic carbocycles. The highest BCUT2D eigenvalue weighted by Crippen LogP contribution is 2.47. The first-order chi connectivity index (χ1) is 24.3. The molecule has 0 fully saturated rings. The fraction of sp³-hybridized carbons (Fsp3) is 0. The molecule has 228 valence electrons. The van der Waals surface area contributed by atoms with Crippen molar-refractivity contribution < 1.29 is 4.42 Å². The van der Waals surface area contributed by atoms with E-state index in [0.717, 1.165) is 27.5 Å². The molecule has 0 amide bonds. The molecule has 1 heteroatoms. The molecule has 0 atom stereocenters. The maximum atomic E-state index is 6.34. The maximum Gasteiger partial charge on any atom is 0.136 e. The van der Waals surface area contributed by atoms with Crippen LogP contribution in [0.15, 0.2) is 186 Å². The molecule has 0 aliphatic heterocycles. The van der Waals surface area contributed by atoms with Crippen LogP contribution in [0.25, 0.3) is 98.8 Å². The van der Waals surface area contributed by atoms with Gasteiger partial charge in [0.05, 0.1) is 0 Å². The van der Waals surface area contributed by atoms with Crippen LogP contribution in [-0.2, 0) is 0 Å². The normalized spacial score (nSPS) is 11.7. The van der Waals surface area contributed by atoms with Crippen molar-refractivity contribution in [3.8, 4) is 44.5 Å². The van der Waals surface area contributed by atoms with Crippen molar-refractivity contribution in [3.05, 3.63) is 182 Å². The number of hydrogen-bond acceptors (Lipinski definition) is 1. The van der Waals surface area contributed by atoms with E-state index in [0.29, 0.717) is 0 Å². The lowest BCUT2D eigenvalue weighted by atomic mass is 9.83. The fourth-order valence-electron chi connectivity index (χ4n) is 7.86. The van der Waals surface area contributed by atoms with Crippen LogP contribution in [-0.4, -0.2) is 0 Å². The highest BCUT2D eigenvalue weighted by molar-refractivity contribution is 6.24. The predicted molar refractivity (Wildman–Crippen MR) is 208 cm³/mol. The summed E-state index contributed by atoms with van der Waals surface area (Å²) in [6.07, 6.45) is 0. The van der Waals surface area contributed by atoms with Crippen molar-refractivity contribution >= 4 is 54.3 Å². The van der Waals surface area contributed by atoms with Crippen molar-refractivity contribution in [1.82, 2.24) is 0 Å². The SMILES string of the molecule is c1ccc(-c2ccc3cccc(-c4c5ccccc5c(-c5ccccc5-c5ccc6c(c5)oc5ccccc56)c5ccccc45)c3c2)cc1. The first kappa shape index (κ1) is 27.7. The third-order valence-corrected chi connectivity index (χ3v) is 10.1. The second-order valence-electron chi connectivity index (χ2n) is 12.8. The molecule has 0 spiro atoms. The van der Waals surface area contributed by atoms with E-state index < -0.39 is 0 Å². The predicted octanol–water partition coefficient (Wildman–Crippen LogP) is 13.7. The lowest BCUT2D eigenvalue weighted by molar-refractivity contribution is 0.669. The molecule has 0 saturated heterocycles. The smallest absolute Gasteiger partial charge is 0.136 e. The molecule has 0 radical (unpaired) electrons. The maximum absolute atomic E-state index is 6.34. The number of hydrogen-bond donors (Lipinski definition) is 0. The highest BCUT2D eigenvalue weighted by Gasteiger charge is 2.20. The summed E-state index contributed by atoms with van der Waals surface area (Å²) in [5.74, 6) is 0. The lowest BCUT2D eigenvalue weighted by Gasteiger charge is -2.20. The first-order valence-corrected chi connectivity index (χ1v) is 16.8.